The molecule has 1 aliphatic carbocycles. The van der Waals surface area contributed by atoms with E-state index in [1.807, 2.05) is 36.0 Å². The van der Waals surface area contributed by atoms with Crippen LogP contribution in [-0.2, 0) is 13.5 Å². The fourth-order valence-electron chi connectivity index (χ4n) is 2.57. The maximum atomic E-state index is 12.2. The zero-order valence-corrected chi connectivity index (χ0v) is 10.3. The molecule has 4 nitrogen and oxygen atoms in total. The van der Waals surface area contributed by atoms with Gasteiger partial charge in [0, 0.05) is 25.2 Å². The molecule has 2 aromatic heterocycles. The second-order valence-electron chi connectivity index (χ2n) is 4.72. The molecule has 1 N–H and O–H groups in total. The van der Waals surface area contributed by atoms with Gasteiger partial charge in [-0.25, -0.2) is 0 Å². The standard InChI is InChI=1S/C14H16N2O2/c1-16-8-3-5-12(16)14(17)15-11-4-2-6-13-10(11)7-9-18-13/h3,5,7-9,11H,2,4,6H2,1H3,(H,15,17)/t11-/m1/s1. The van der Waals surface area contributed by atoms with E-state index in [9.17, 15) is 4.79 Å². The molecule has 0 aliphatic heterocycles. The molecule has 0 bridgehead atoms. The summed E-state index contributed by atoms with van der Waals surface area (Å²) in [5.41, 5.74) is 1.81. The SMILES string of the molecule is Cn1cccc1C(=O)N[C@@H]1CCCc2occc21. The molecule has 94 valence electrons. The number of nitrogens with one attached hydrogen (secondary N) is 1. The molecular weight excluding hydrogens is 228 g/mol. The van der Waals surface area contributed by atoms with Crippen molar-refractivity contribution in [3.63, 3.8) is 0 Å². The van der Waals surface area contributed by atoms with Crippen LogP contribution in [0.1, 0.15) is 40.7 Å². The highest BCUT2D eigenvalue weighted by Gasteiger charge is 2.24. The molecule has 0 saturated carbocycles. The Labute approximate surface area is 106 Å². The van der Waals surface area contributed by atoms with Crippen LogP contribution >= 0.6 is 0 Å². The third-order valence-electron chi connectivity index (χ3n) is 3.53. The molecule has 1 atom stereocenters. The largest absolute Gasteiger partial charge is 0.469 e. The summed E-state index contributed by atoms with van der Waals surface area (Å²) in [6, 6.07) is 5.74. The molecule has 0 saturated heterocycles. The van der Waals surface area contributed by atoms with Gasteiger partial charge in [0.05, 0.1) is 12.3 Å². The van der Waals surface area contributed by atoms with E-state index in [1.54, 1.807) is 6.26 Å². The van der Waals surface area contributed by atoms with Crippen molar-refractivity contribution in [2.24, 2.45) is 7.05 Å². The van der Waals surface area contributed by atoms with Crippen molar-refractivity contribution in [3.8, 4) is 0 Å². The van der Waals surface area contributed by atoms with Crippen LogP contribution in [0.25, 0.3) is 0 Å². The first-order valence-electron chi connectivity index (χ1n) is 6.24. The Morgan fingerprint density at radius 1 is 1.50 bits per heavy atom. The van der Waals surface area contributed by atoms with E-state index in [-0.39, 0.29) is 11.9 Å². The van der Waals surface area contributed by atoms with Crippen LogP contribution in [0.15, 0.2) is 35.1 Å². The van der Waals surface area contributed by atoms with Gasteiger partial charge in [0.2, 0.25) is 0 Å². The van der Waals surface area contributed by atoms with Gasteiger partial charge in [0.1, 0.15) is 11.5 Å². The van der Waals surface area contributed by atoms with Gasteiger partial charge in [-0.15, -0.1) is 0 Å². The van der Waals surface area contributed by atoms with Crippen LogP contribution in [-0.4, -0.2) is 10.5 Å². The lowest BCUT2D eigenvalue weighted by atomic mass is 9.93. The number of carbonyl (C=O) groups excluding carboxylic acids is 1. The summed E-state index contributed by atoms with van der Waals surface area (Å²) in [5, 5.41) is 3.08. The Morgan fingerprint density at radius 3 is 3.17 bits per heavy atom. The lowest BCUT2D eigenvalue weighted by Crippen LogP contribution is -2.31. The number of amides is 1. The van der Waals surface area contributed by atoms with Gasteiger partial charge in [-0.1, -0.05) is 0 Å². The molecule has 0 radical (unpaired) electrons. The molecule has 0 spiro atoms. The molecular formula is C14H16N2O2. The van der Waals surface area contributed by atoms with Crippen molar-refractivity contribution in [1.82, 2.24) is 9.88 Å². The number of furan rings is 1. The maximum absolute atomic E-state index is 12.2. The fourth-order valence-corrected chi connectivity index (χ4v) is 2.57. The molecule has 2 aromatic rings. The van der Waals surface area contributed by atoms with E-state index in [4.69, 9.17) is 4.42 Å². The Balaban J connectivity index is 1.79. The fraction of sp³-hybridized carbons (Fsp3) is 0.357. The Morgan fingerprint density at radius 2 is 2.39 bits per heavy atom. The van der Waals surface area contributed by atoms with E-state index in [1.165, 1.54) is 0 Å². The normalized spacial score (nSPS) is 18.4. The molecule has 0 fully saturated rings. The van der Waals surface area contributed by atoms with Crippen LogP contribution in [0.3, 0.4) is 0 Å². The molecule has 1 amide bonds. The van der Waals surface area contributed by atoms with Crippen LogP contribution in [0.5, 0.6) is 0 Å². The van der Waals surface area contributed by atoms with Gasteiger partial charge >= 0.3 is 0 Å². The summed E-state index contributed by atoms with van der Waals surface area (Å²) >= 11 is 0. The number of hydrogen-bond donors (Lipinski definition) is 1. The van der Waals surface area contributed by atoms with Gasteiger partial charge in [0.15, 0.2) is 0 Å². The summed E-state index contributed by atoms with van der Waals surface area (Å²) in [6.45, 7) is 0. The van der Waals surface area contributed by atoms with Crippen molar-refractivity contribution in [1.29, 1.82) is 0 Å². The van der Waals surface area contributed by atoms with E-state index < -0.39 is 0 Å². The maximum Gasteiger partial charge on any atom is 0.268 e. The highest BCUT2D eigenvalue weighted by molar-refractivity contribution is 5.93. The van der Waals surface area contributed by atoms with Crippen molar-refractivity contribution >= 4 is 5.91 Å². The minimum absolute atomic E-state index is 0.0263. The number of rotatable bonds is 2. The molecule has 1 aliphatic rings. The van der Waals surface area contributed by atoms with Gasteiger partial charge in [-0.3, -0.25) is 4.79 Å². The summed E-state index contributed by atoms with van der Waals surface area (Å²) in [6.07, 6.45) is 6.58. The van der Waals surface area contributed by atoms with Crippen LogP contribution in [0.2, 0.25) is 0 Å². The molecule has 0 aromatic carbocycles. The van der Waals surface area contributed by atoms with Gasteiger partial charge < -0.3 is 14.3 Å². The number of aromatic nitrogens is 1. The smallest absolute Gasteiger partial charge is 0.268 e. The van der Waals surface area contributed by atoms with Crippen LogP contribution in [0, 0.1) is 0 Å². The third-order valence-corrected chi connectivity index (χ3v) is 3.53. The Bertz CT molecular complexity index is 568. The minimum atomic E-state index is -0.0263. The predicted octanol–water partition coefficient (Wildman–Crippen LogP) is 2.43. The number of nitrogens with zero attached hydrogens (tertiary/aromatic N) is 1. The zero-order chi connectivity index (χ0) is 12.5. The van der Waals surface area contributed by atoms with Gasteiger partial charge in [0.25, 0.3) is 5.91 Å². The lowest BCUT2D eigenvalue weighted by molar-refractivity contribution is 0.0924. The van der Waals surface area contributed by atoms with Gasteiger partial charge in [-0.05, 0) is 31.0 Å². The summed E-state index contributed by atoms with van der Waals surface area (Å²) in [7, 11) is 1.87. The zero-order valence-electron chi connectivity index (χ0n) is 10.3. The summed E-state index contributed by atoms with van der Waals surface area (Å²) < 4.78 is 7.25. The molecule has 18 heavy (non-hydrogen) atoms. The minimum Gasteiger partial charge on any atom is -0.469 e. The predicted molar refractivity (Wildman–Crippen MR) is 67.3 cm³/mol. The second kappa shape index (κ2) is 4.37. The number of carbonyl (C=O) groups is 1. The molecule has 0 unspecified atom stereocenters. The monoisotopic (exact) mass is 244 g/mol. The number of aryl methyl sites for hydroxylation is 2. The van der Waals surface area contributed by atoms with Crippen LogP contribution < -0.4 is 5.32 Å². The van der Waals surface area contributed by atoms with E-state index in [0.29, 0.717) is 5.69 Å². The second-order valence-corrected chi connectivity index (χ2v) is 4.72. The van der Waals surface area contributed by atoms with Crippen molar-refractivity contribution in [3.05, 3.63) is 47.7 Å². The number of hydrogen-bond acceptors (Lipinski definition) is 2. The van der Waals surface area contributed by atoms with E-state index in [2.05, 4.69) is 5.32 Å². The van der Waals surface area contributed by atoms with Crippen LogP contribution in [0.4, 0.5) is 0 Å². The molecule has 2 heterocycles. The van der Waals surface area contributed by atoms with Crippen molar-refractivity contribution in [2.45, 2.75) is 25.3 Å². The lowest BCUT2D eigenvalue weighted by Gasteiger charge is -2.22. The van der Waals surface area contributed by atoms with Crippen molar-refractivity contribution < 1.29 is 9.21 Å². The molecule has 4 heteroatoms. The Hall–Kier alpha value is -1.97. The highest BCUT2D eigenvalue weighted by atomic mass is 16.3. The topological polar surface area (TPSA) is 47.2 Å². The summed E-state index contributed by atoms with van der Waals surface area (Å²) in [5.74, 6) is 0.986. The van der Waals surface area contributed by atoms with E-state index >= 15 is 0 Å². The van der Waals surface area contributed by atoms with Crippen molar-refractivity contribution in [2.75, 3.05) is 0 Å². The van der Waals surface area contributed by atoms with Gasteiger partial charge in [-0.2, -0.15) is 0 Å². The third kappa shape index (κ3) is 1.83. The quantitative estimate of drug-likeness (QED) is 0.882. The molecule has 3 rings (SSSR count). The summed E-state index contributed by atoms with van der Waals surface area (Å²) in [4.78, 5) is 12.2. The van der Waals surface area contributed by atoms with E-state index in [0.717, 1.165) is 30.6 Å². The number of fused-ring (bicyclic) bond motifs is 1. The average Bonchev–Trinajstić information content (AvgIpc) is 2.97. The average molecular weight is 244 g/mol. The highest BCUT2D eigenvalue weighted by Crippen LogP contribution is 2.30. The first-order valence-corrected chi connectivity index (χ1v) is 6.24. The first kappa shape index (κ1) is 11.1. The Kier molecular flexibility index (Phi) is 2.70. The first-order chi connectivity index (χ1) is 8.75.